The van der Waals surface area contributed by atoms with E-state index in [1.165, 1.54) is 33.6 Å². The molecular formula is C16H14Cl2FN3O3S. The van der Waals surface area contributed by atoms with Gasteiger partial charge in [-0.3, -0.25) is 4.79 Å². The minimum atomic E-state index is -3.88. The number of benzene rings is 1. The molecule has 0 aliphatic carbocycles. The van der Waals surface area contributed by atoms with E-state index in [4.69, 9.17) is 23.2 Å². The van der Waals surface area contributed by atoms with Crippen LogP contribution in [-0.2, 0) is 10.0 Å². The summed E-state index contributed by atoms with van der Waals surface area (Å²) < 4.78 is 40.0. The summed E-state index contributed by atoms with van der Waals surface area (Å²) in [6.07, 6.45) is 1.21. The van der Waals surface area contributed by atoms with Gasteiger partial charge in [-0.05, 0) is 18.2 Å². The van der Waals surface area contributed by atoms with Crippen molar-refractivity contribution in [1.29, 1.82) is 0 Å². The third kappa shape index (κ3) is 3.68. The van der Waals surface area contributed by atoms with E-state index in [2.05, 4.69) is 4.98 Å². The van der Waals surface area contributed by atoms with Gasteiger partial charge in [-0.15, -0.1) is 0 Å². The van der Waals surface area contributed by atoms with Crippen molar-refractivity contribution >= 4 is 39.1 Å². The first-order chi connectivity index (χ1) is 12.3. The van der Waals surface area contributed by atoms with Gasteiger partial charge in [0.1, 0.15) is 4.90 Å². The zero-order valence-electron chi connectivity index (χ0n) is 13.4. The van der Waals surface area contributed by atoms with Crippen LogP contribution in [0.4, 0.5) is 4.39 Å². The maximum absolute atomic E-state index is 13.2. The highest BCUT2D eigenvalue weighted by molar-refractivity contribution is 7.89. The van der Waals surface area contributed by atoms with E-state index < -0.39 is 16.0 Å². The average Bonchev–Trinajstić information content (AvgIpc) is 2.61. The summed E-state index contributed by atoms with van der Waals surface area (Å²) >= 11 is 12.0. The van der Waals surface area contributed by atoms with Crippen LogP contribution >= 0.6 is 23.2 Å². The standard InChI is InChI=1S/C16H14Cl2FN3O3S/c17-12-2-1-3-13(18)15(12)26(24,25)22-8-6-21(7-9-22)16(23)11-4-5-20-14(19)10-11/h1-5,10H,6-9H2. The van der Waals surface area contributed by atoms with Gasteiger partial charge in [0.2, 0.25) is 16.0 Å². The highest BCUT2D eigenvalue weighted by Gasteiger charge is 2.33. The second kappa shape index (κ2) is 7.48. The van der Waals surface area contributed by atoms with Gasteiger partial charge in [0.25, 0.3) is 5.91 Å². The fraction of sp³-hybridized carbons (Fsp3) is 0.250. The van der Waals surface area contributed by atoms with Crippen LogP contribution in [-0.4, -0.2) is 54.7 Å². The first-order valence-electron chi connectivity index (χ1n) is 7.65. The van der Waals surface area contributed by atoms with Crippen molar-refractivity contribution in [2.45, 2.75) is 4.90 Å². The van der Waals surface area contributed by atoms with Crippen molar-refractivity contribution in [3.8, 4) is 0 Å². The Morgan fingerprint density at radius 1 is 1.08 bits per heavy atom. The smallest absolute Gasteiger partial charge is 0.254 e. The largest absolute Gasteiger partial charge is 0.336 e. The van der Waals surface area contributed by atoms with Crippen molar-refractivity contribution in [3.05, 3.63) is 58.1 Å². The zero-order valence-corrected chi connectivity index (χ0v) is 15.7. The number of carbonyl (C=O) groups excluding carboxylic acids is 1. The Bertz CT molecular complexity index is 927. The Balaban J connectivity index is 1.75. The molecule has 0 N–H and O–H groups in total. The minimum Gasteiger partial charge on any atom is -0.336 e. The Kier molecular flexibility index (Phi) is 5.47. The average molecular weight is 418 g/mol. The summed E-state index contributed by atoms with van der Waals surface area (Å²) in [6, 6.07) is 6.94. The van der Waals surface area contributed by atoms with E-state index in [0.29, 0.717) is 0 Å². The van der Waals surface area contributed by atoms with Crippen LogP contribution in [0.2, 0.25) is 10.0 Å². The van der Waals surface area contributed by atoms with Gasteiger partial charge in [0.05, 0.1) is 10.0 Å². The number of carbonyl (C=O) groups is 1. The molecule has 26 heavy (non-hydrogen) atoms. The molecule has 1 aromatic heterocycles. The number of aromatic nitrogens is 1. The lowest BCUT2D eigenvalue weighted by Crippen LogP contribution is -2.50. The summed E-state index contributed by atoms with van der Waals surface area (Å²) in [5.41, 5.74) is 0.169. The zero-order chi connectivity index (χ0) is 18.9. The number of amides is 1. The number of pyridine rings is 1. The summed E-state index contributed by atoms with van der Waals surface area (Å²) in [5.74, 6) is -1.12. The van der Waals surface area contributed by atoms with Gasteiger partial charge in [-0.2, -0.15) is 8.70 Å². The predicted molar refractivity (Wildman–Crippen MR) is 95.3 cm³/mol. The molecule has 1 aliphatic heterocycles. The second-order valence-corrected chi connectivity index (χ2v) is 8.30. The van der Waals surface area contributed by atoms with E-state index in [0.717, 1.165) is 6.07 Å². The van der Waals surface area contributed by atoms with E-state index in [1.54, 1.807) is 6.07 Å². The van der Waals surface area contributed by atoms with Gasteiger partial charge in [-0.25, -0.2) is 13.4 Å². The summed E-state index contributed by atoms with van der Waals surface area (Å²) in [7, 11) is -3.88. The Labute approximate surface area is 160 Å². The van der Waals surface area contributed by atoms with Gasteiger partial charge in [0.15, 0.2) is 0 Å². The molecule has 0 atom stereocenters. The number of nitrogens with zero attached hydrogens (tertiary/aromatic N) is 3. The second-order valence-electron chi connectivity index (χ2n) is 5.61. The van der Waals surface area contributed by atoms with Gasteiger partial charge in [0, 0.05) is 44.0 Å². The van der Waals surface area contributed by atoms with Crippen LogP contribution in [0, 0.1) is 5.95 Å². The molecule has 1 aromatic carbocycles. The molecule has 1 saturated heterocycles. The van der Waals surface area contributed by atoms with Crippen molar-refractivity contribution in [2.75, 3.05) is 26.2 Å². The Morgan fingerprint density at radius 2 is 1.69 bits per heavy atom. The monoisotopic (exact) mass is 417 g/mol. The van der Waals surface area contributed by atoms with E-state index in [-0.39, 0.29) is 52.6 Å². The summed E-state index contributed by atoms with van der Waals surface area (Å²) in [6.45, 7) is 0.514. The molecule has 2 aromatic rings. The molecule has 0 saturated carbocycles. The van der Waals surface area contributed by atoms with Crippen LogP contribution in [0.1, 0.15) is 10.4 Å². The van der Waals surface area contributed by atoms with Gasteiger partial charge in [-0.1, -0.05) is 29.3 Å². The molecule has 0 unspecified atom stereocenters. The van der Waals surface area contributed by atoms with Crippen molar-refractivity contribution in [2.24, 2.45) is 0 Å². The summed E-state index contributed by atoms with van der Waals surface area (Å²) in [5, 5.41) is 0.0894. The molecule has 1 fully saturated rings. The maximum atomic E-state index is 13.2. The molecule has 138 valence electrons. The van der Waals surface area contributed by atoms with Crippen LogP contribution in [0.15, 0.2) is 41.4 Å². The Hall–Kier alpha value is -1.74. The SMILES string of the molecule is O=C(c1ccnc(F)c1)N1CCN(S(=O)(=O)c2c(Cl)cccc2Cl)CC1. The molecule has 1 amide bonds. The lowest BCUT2D eigenvalue weighted by Gasteiger charge is -2.34. The fourth-order valence-corrected chi connectivity index (χ4v) is 5.22. The minimum absolute atomic E-state index is 0.0447. The molecule has 10 heteroatoms. The van der Waals surface area contributed by atoms with Crippen LogP contribution < -0.4 is 0 Å². The van der Waals surface area contributed by atoms with Crippen molar-refractivity contribution in [1.82, 2.24) is 14.2 Å². The third-order valence-corrected chi connectivity index (χ3v) is 6.87. The fourth-order valence-electron chi connectivity index (χ4n) is 2.71. The molecule has 3 rings (SSSR count). The first kappa shape index (κ1) is 19.0. The lowest BCUT2D eigenvalue weighted by molar-refractivity contribution is 0.0697. The number of rotatable bonds is 3. The van der Waals surface area contributed by atoms with Crippen molar-refractivity contribution < 1.29 is 17.6 Å². The van der Waals surface area contributed by atoms with Crippen molar-refractivity contribution in [3.63, 3.8) is 0 Å². The van der Waals surface area contributed by atoms with Gasteiger partial charge >= 0.3 is 0 Å². The molecule has 1 aliphatic rings. The molecular weight excluding hydrogens is 404 g/mol. The lowest BCUT2D eigenvalue weighted by atomic mass is 10.2. The highest BCUT2D eigenvalue weighted by atomic mass is 35.5. The van der Waals surface area contributed by atoms with Crippen LogP contribution in [0.3, 0.4) is 0 Å². The van der Waals surface area contributed by atoms with Gasteiger partial charge < -0.3 is 4.90 Å². The van der Waals surface area contributed by atoms with E-state index >= 15 is 0 Å². The molecule has 0 spiro atoms. The number of piperazine rings is 1. The van der Waals surface area contributed by atoms with Crippen LogP contribution in [0.25, 0.3) is 0 Å². The van der Waals surface area contributed by atoms with Crippen LogP contribution in [0.5, 0.6) is 0 Å². The normalized spacial score (nSPS) is 15.9. The molecule has 2 heterocycles. The highest BCUT2D eigenvalue weighted by Crippen LogP contribution is 2.31. The summed E-state index contributed by atoms with van der Waals surface area (Å²) in [4.78, 5) is 17.1. The molecule has 0 radical (unpaired) electrons. The first-order valence-corrected chi connectivity index (χ1v) is 9.85. The third-order valence-electron chi connectivity index (χ3n) is 4.02. The maximum Gasteiger partial charge on any atom is 0.254 e. The quantitative estimate of drug-likeness (QED) is 0.719. The number of hydrogen-bond donors (Lipinski definition) is 0. The Morgan fingerprint density at radius 3 is 2.27 bits per heavy atom. The number of sulfonamides is 1. The van der Waals surface area contributed by atoms with E-state index in [1.807, 2.05) is 0 Å². The number of halogens is 3. The molecule has 6 nitrogen and oxygen atoms in total. The predicted octanol–water partition coefficient (Wildman–Crippen LogP) is 2.67. The molecule has 0 bridgehead atoms. The van der Waals surface area contributed by atoms with E-state index in [9.17, 15) is 17.6 Å². The topological polar surface area (TPSA) is 70.6 Å². The number of hydrogen-bond acceptors (Lipinski definition) is 4.